The molecular formula is C29H58. The molecule has 0 saturated carbocycles. The van der Waals surface area contributed by atoms with Gasteiger partial charge < -0.3 is 0 Å². The fourth-order valence-corrected chi connectivity index (χ4v) is 4.13. The normalized spacial score (nSPS) is 13.0. The molecule has 0 aromatic rings. The van der Waals surface area contributed by atoms with Crippen molar-refractivity contribution in [3.63, 3.8) is 0 Å². The van der Waals surface area contributed by atoms with Crippen LogP contribution >= 0.6 is 0 Å². The first kappa shape index (κ1) is 28.7. The van der Waals surface area contributed by atoms with Crippen molar-refractivity contribution in [1.82, 2.24) is 0 Å². The molecule has 0 N–H and O–H groups in total. The second kappa shape index (κ2) is 24.0. The van der Waals surface area contributed by atoms with Crippen LogP contribution < -0.4 is 0 Å². The molecule has 1 unspecified atom stereocenters. The van der Waals surface area contributed by atoms with Gasteiger partial charge in [-0.1, -0.05) is 149 Å². The number of hydrogen-bond donors (Lipinski definition) is 0. The van der Waals surface area contributed by atoms with E-state index in [9.17, 15) is 0 Å². The van der Waals surface area contributed by atoms with Gasteiger partial charge in [0.05, 0.1) is 0 Å². The van der Waals surface area contributed by atoms with Crippen LogP contribution in [-0.4, -0.2) is 0 Å². The highest BCUT2D eigenvalue weighted by Crippen LogP contribution is 2.15. The van der Waals surface area contributed by atoms with Gasteiger partial charge in [-0.15, -0.1) is 0 Å². The highest BCUT2D eigenvalue weighted by atomic mass is 14.0. The topological polar surface area (TPSA) is 0 Å². The Balaban J connectivity index is 3.11. The standard InChI is InChI=1S/C29H58/c1-5-29(4)27-25-23-21-19-17-15-13-11-9-7-6-8-10-12-14-16-18-20-22-24-26-28(2)3/h6-7,28-29H,5,8-27H2,1-4H3/b7-6+. The van der Waals surface area contributed by atoms with Crippen LogP contribution in [-0.2, 0) is 0 Å². The third-order valence-corrected chi connectivity index (χ3v) is 6.58. The van der Waals surface area contributed by atoms with Gasteiger partial charge >= 0.3 is 0 Å². The zero-order chi connectivity index (χ0) is 21.4. The zero-order valence-corrected chi connectivity index (χ0v) is 21.2. The molecule has 0 fully saturated rings. The molecule has 1 atom stereocenters. The first-order valence-electron chi connectivity index (χ1n) is 13.8. The van der Waals surface area contributed by atoms with Gasteiger partial charge in [-0.3, -0.25) is 0 Å². The Bertz CT molecular complexity index is 314. The van der Waals surface area contributed by atoms with Crippen molar-refractivity contribution in [2.24, 2.45) is 11.8 Å². The van der Waals surface area contributed by atoms with E-state index in [1.54, 1.807) is 0 Å². The summed E-state index contributed by atoms with van der Waals surface area (Å²) in [5.74, 6) is 1.83. The molecular weight excluding hydrogens is 348 g/mol. The number of allylic oxidation sites excluding steroid dienone is 2. The highest BCUT2D eigenvalue weighted by Gasteiger charge is 1.98. The Kier molecular flexibility index (Phi) is 23.8. The van der Waals surface area contributed by atoms with E-state index in [1.165, 1.54) is 135 Å². The summed E-state index contributed by atoms with van der Waals surface area (Å²) in [6.45, 7) is 9.39. The van der Waals surface area contributed by atoms with Crippen LogP contribution in [0.3, 0.4) is 0 Å². The third kappa shape index (κ3) is 25.7. The first-order valence-corrected chi connectivity index (χ1v) is 13.8. The molecule has 0 heteroatoms. The summed E-state index contributed by atoms with van der Waals surface area (Å²) in [6, 6.07) is 0. The van der Waals surface area contributed by atoms with Crippen molar-refractivity contribution >= 4 is 0 Å². The van der Waals surface area contributed by atoms with E-state index < -0.39 is 0 Å². The van der Waals surface area contributed by atoms with E-state index in [4.69, 9.17) is 0 Å². The van der Waals surface area contributed by atoms with E-state index >= 15 is 0 Å². The van der Waals surface area contributed by atoms with Gasteiger partial charge in [-0.2, -0.15) is 0 Å². The number of hydrogen-bond acceptors (Lipinski definition) is 0. The molecule has 0 aliphatic rings. The van der Waals surface area contributed by atoms with Crippen LogP contribution in [0.15, 0.2) is 12.2 Å². The molecule has 174 valence electrons. The molecule has 0 aromatic carbocycles. The van der Waals surface area contributed by atoms with Gasteiger partial charge in [0.2, 0.25) is 0 Å². The number of rotatable bonds is 23. The van der Waals surface area contributed by atoms with Gasteiger partial charge in [0, 0.05) is 0 Å². The SMILES string of the molecule is CCC(C)CCCCCCCCCC/C=C/CCCCCCCCCCC(C)C. The highest BCUT2D eigenvalue weighted by molar-refractivity contribution is 4.81. The minimum atomic E-state index is 0.891. The van der Waals surface area contributed by atoms with E-state index in [1.807, 2.05) is 0 Å². The predicted octanol–water partition coefficient (Wildman–Crippen LogP) is 11.0. The third-order valence-electron chi connectivity index (χ3n) is 6.58. The zero-order valence-electron chi connectivity index (χ0n) is 21.2. The van der Waals surface area contributed by atoms with Crippen molar-refractivity contribution in [3.8, 4) is 0 Å². The Morgan fingerprint density at radius 3 is 1.17 bits per heavy atom. The molecule has 0 aliphatic carbocycles. The summed E-state index contributed by atoms with van der Waals surface area (Å²) in [7, 11) is 0. The molecule has 0 aliphatic heterocycles. The predicted molar refractivity (Wildman–Crippen MR) is 136 cm³/mol. The van der Waals surface area contributed by atoms with Crippen molar-refractivity contribution in [2.75, 3.05) is 0 Å². The van der Waals surface area contributed by atoms with E-state index in [2.05, 4.69) is 39.8 Å². The molecule has 0 heterocycles. The maximum absolute atomic E-state index is 2.45. The largest absolute Gasteiger partial charge is 0.0885 e. The van der Waals surface area contributed by atoms with Crippen LogP contribution in [0.4, 0.5) is 0 Å². The van der Waals surface area contributed by atoms with Gasteiger partial charge in [0.1, 0.15) is 0 Å². The average Bonchev–Trinajstić information content (AvgIpc) is 2.71. The molecule has 0 aromatic heterocycles. The van der Waals surface area contributed by atoms with E-state index in [0.29, 0.717) is 0 Å². The van der Waals surface area contributed by atoms with Crippen molar-refractivity contribution in [2.45, 2.75) is 163 Å². The molecule has 0 radical (unpaired) electrons. The molecule has 0 spiro atoms. The minimum absolute atomic E-state index is 0.891. The Labute approximate surface area is 186 Å². The first-order chi connectivity index (χ1) is 14.2. The van der Waals surface area contributed by atoms with Crippen LogP contribution in [0.5, 0.6) is 0 Å². The molecule has 0 amide bonds. The maximum atomic E-state index is 2.45. The van der Waals surface area contributed by atoms with Crippen molar-refractivity contribution < 1.29 is 0 Å². The Morgan fingerprint density at radius 1 is 0.448 bits per heavy atom. The van der Waals surface area contributed by atoms with Crippen LogP contribution in [0.2, 0.25) is 0 Å². The summed E-state index contributed by atoms with van der Waals surface area (Å²) in [6.07, 6.45) is 34.9. The van der Waals surface area contributed by atoms with E-state index in [-0.39, 0.29) is 0 Å². The molecule has 29 heavy (non-hydrogen) atoms. The second-order valence-electron chi connectivity index (χ2n) is 10.2. The summed E-state index contributed by atoms with van der Waals surface area (Å²) in [4.78, 5) is 0. The van der Waals surface area contributed by atoms with Crippen molar-refractivity contribution in [3.05, 3.63) is 12.2 Å². The minimum Gasteiger partial charge on any atom is -0.0885 e. The fraction of sp³-hybridized carbons (Fsp3) is 0.931. The van der Waals surface area contributed by atoms with E-state index in [0.717, 1.165) is 11.8 Å². The molecule has 0 nitrogen and oxygen atoms in total. The quantitative estimate of drug-likeness (QED) is 0.117. The lowest BCUT2D eigenvalue weighted by Crippen LogP contribution is -1.91. The van der Waals surface area contributed by atoms with Crippen LogP contribution in [0.1, 0.15) is 163 Å². The maximum Gasteiger partial charge on any atom is -0.0351 e. The van der Waals surface area contributed by atoms with Gasteiger partial charge in [0.25, 0.3) is 0 Å². The Hall–Kier alpha value is -0.260. The summed E-state index contributed by atoms with van der Waals surface area (Å²) in [5.41, 5.74) is 0. The van der Waals surface area contributed by atoms with Gasteiger partial charge in [-0.25, -0.2) is 0 Å². The average molecular weight is 407 g/mol. The molecule has 0 bridgehead atoms. The lowest BCUT2D eigenvalue weighted by atomic mass is 9.99. The second-order valence-corrected chi connectivity index (χ2v) is 10.2. The van der Waals surface area contributed by atoms with Gasteiger partial charge in [0.15, 0.2) is 0 Å². The fourth-order valence-electron chi connectivity index (χ4n) is 4.13. The summed E-state index contributed by atoms with van der Waals surface area (Å²) >= 11 is 0. The molecule has 0 saturated heterocycles. The smallest absolute Gasteiger partial charge is 0.0351 e. The van der Waals surface area contributed by atoms with Crippen molar-refractivity contribution in [1.29, 1.82) is 0 Å². The Morgan fingerprint density at radius 2 is 0.793 bits per heavy atom. The van der Waals surface area contributed by atoms with Gasteiger partial charge in [-0.05, 0) is 37.5 Å². The monoisotopic (exact) mass is 406 g/mol. The number of unbranched alkanes of at least 4 members (excludes halogenated alkanes) is 16. The molecule has 0 rings (SSSR count). The lowest BCUT2D eigenvalue weighted by molar-refractivity contribution is 0.469. The van der Waals surface area contributed by atoms with Crippen LogP contribution in [0.25, 0.3) is 0 Å². The van der Waals surface area contributed by atoms with Crippen LogP contribution in [0, 0.1) is 11.8 Å². The summed E-state index contributed by atoms with van der Waals surface area (Å²) in [5, 5.41) is 0. The lowest BCUT2D eigenvalue weighted by Gasteiger charge is -2.07. The summed E-state index contributed by atoms with van der Waals surface area (Å²) < 4.78 is 0.